The molecule has 0 atom stereocenters. The summed E-state index contributed by atoms with van der Waals surface area (Å²) in [5, 5.41) is 0. The summed E-state index contributed by atoms with van der Waals surface area (Å²) < 4.78 is 12.7. The number of hydrogen-bond donors (Lipinski definition) is 0. The van der Waals surface area contributed by atoms with E-state index in [2.05, 4.69) is 0 Å². The molecular formula is C10H11FOS. The number of halogens is 1. The fraction of sp³-hybridized carbons (Fsp3) is 0.300. The molecule has 0 aliphatic heterocycles. The van der Waals surface area contributed by atoms with E-state index in [0.29, 0.717) is 16.9 Å². The van der Waals surface area contributed by atoms with Crippen LogP contribution in [-0.2, 0) is 0 Å². The second-order valence-corrected chi connectivity index (χ2v) is 3.68. The highest BCUT2D eigenvalue weighted by Gasteiger charge is 2.08. The van der Waals surface area contributed by atoms with Crippen LogP contribution in [0.3, 0.4) is 0 Å². The molecular weight excluding hydrogens is 187 g/mol. The SMILES string of the molecule is CSCC(=O)c1ccc(F)cc1C. The van der Waals surface area contributed by atoms with Gasteiger partial charge in [-0.05, 0) is 36.9 Å². The number of aryl methyl sites for hydroxylation is 1. The normalized spacial score (nSPS) is 10.1. The molecule has 0 aromatic heterocycles. The summed E-state index contributed by atoms with van der Waals surface area (Å²) >= 11 is 1.47. The average Bonchev–Trinajstić information content (AvgIpc) is 2.04. The predicted molar refractivity (Wildman–Crippen MR) is 53.8 cm³/mol. The van der Waals surface area contributed by atoms with Gasteiger partial charge in [-0.1, -0.05) is 0 Å². The van der Waals surface area contributed by atoms with Crippen LogP contribution in [0.25, 0.3) is 0 Å². The molecule has 0 heterocycles. The van der Waals surface area contributed by atoms with Gasteiger partial charge < -0.3 is 0 Å². The molecule has 0 unspecified atom stereocenters. The lowest BCUT2D eigenvalue weighted by Gasteiger charge is -2.02. The van der Waals surface area contributed by atoms with Crippen LogP contribution in [0.1, 0.15) is 15.9 Å². The van der Waals surface area contributed by atoms with Crippen molar-refractivity contribution in [1.82, 2.24) is 0 Å². The van der Waals surface area contributed by atoms with E-state index in [1.165, 1.54) is 23.9 Å². The molecule has 0 amide bonds. The maximum absolute atomic E-state index is 12.7. The van der Waals surface area contributed by atoms with Crippen LogP contribution in [0, 0.1) is 12.7 Å². The molecule has 1 nitrogen and oxygen atoms in total. The molecule has 13 heavy (non-hydrogen) atoms. The highest BCUT2D eigenvalue weighted by Crippen LogP contribution is 2.12. The molecule has 0 fully saturated rings. The molecule has 0 bridgehead atoms. The molecule has 0 saturated heterocycles. The summed E-state index contributed by atoms with van der Waals surface area (Å²) in [4.78, 5) is 11.4. The van der Waals surface area contributed by atoms with E-state index in [1.807, 2.05) is 6.26 Å². The third-order valence-electron chi connectivity index (χ3n) is 1.76. The van der Waals surface area contributed by atoms with Crippen molar-refractivity contribution < 1.29 is 9.18 Å². The van der Waals surface area contributed by atoms with Gasteiger partial charge in [-0.3, -0.25) is 4.79 Å². The van der Waals surface area contributed by atoms with Crippen molar-refractivity contribution in [2.24, 2.45) is 0 Å². The minimum Gasteiger partial charge on any atom is -0.293 e. The first kappa shape index (κ1) is 10.3. The van der Waals surface area contributed by atoms with Crippen LogP contribution in [0.5, 0.6) is 0 Å². The van der Waals surface area contributed by atoms with Crippen molar-refractivity contribution in [1.29, 1.82) is 0 Å². The molecule has 1 rings (SSSR count). The molecule has 0 aliphatic carbocycles. The third-order valence-corrected chi connectivity index (χ3v) is 2.32. The van der Waals surface area contributed by atoms with Crippen LogP contribution in [0.4, 0.5) is 4.39 Å². The average molecular weight is 198 g/mol. The molecule has 3 heteroatoms. The monoisotopic (exact) mass is 198 g/mol. The maximum atomic E-state index is 12.7. The number of thioether (sulfide) groups is 1. The highest BCUT2D eigenvalue weighted by molar-refractivity contribution is 7.99. The fourth-order valence-electron chi connectivity index (χ4n) is 1.15. The van der Waals surface area contributed by atoms with Crippen molar-refractivity contribution in [2.75, 3.05) is 12.0 Å². The summed E-state index contributed by atoms with van der Waals surface area (Å²) in [6, 6.07) is 4.25. The van der Waals surface area contributed by atoms with Crippen molar-refractivity contribution in [3.05, 3.63) is 35.1 Å². The van der Waals surface area contributed by atoms with Crippen LogP contribution in [-0.4, -0.2) is 17.8 Å². The first-order valence-electron chi connectivity index (χ1n) is 3.93. The zero-order valence-corrected chi connectivity index (χ0v) is 8.45. The van der Waals surface area contributed by atoms with E-state index in [9.17, 15) is 9.18 Å². The van der Waals surface area contributed by atoms with Gasteiger partial charge in [0.1, 0.15) is 5.82 Å². The van der Waals surface area contributed by atoms with Gasteiger partial charge in [-0.2, -0.15) is 11.8 Å². The van der Waals surface area contributed by atoms with E-state index < -0.39 is 0 Å². The molecule has 0 saturated carbocycles. The Morgan fingerprint density at radius 3 is 2.77 bits per heavy atom. The smallest absolute Gasteiger partial charge is 0.172 e. The first-order valence-corrected chi connectivity index (χ1v) is 5.33. The number of rotatable bonds is 3. The molecule has 0 spiro atoms. The van der Waals surface area contributed by atoms with Crippen LogP contribution >= 0.6 is 11.8 Å². The lowest BCUT2D eigenvalue weighted by molar-refractivity contribution is 0.102. The minimum atomic E-state index is -0.293. The lowest BCUT2D eigenvalue weighted by Crippen LogP contribution is -2.04. The van der Waals surface area contributed by atoms with Crippen molar-refractivity contribution in [3.8, 4) is 0 Å². The van der Waals surface area contributed by atoms with Gasteiger partial charge in [0, 0.05) is 5.56 Å². The van der Waals surface area contributed by atoms with Crippen molar-refractivity contribution >= 4 is 17.5 Å². The van der Waals surface area contributed by atoms with Gasteiger partial charge in [0.25, 0.3) is 0 Å². The Bertz CT molecular complexity index is 323. The van der Waals surface area contributed by atoms with Gasteiger partial charge in [-0.15, -0.1) is 0 Å². The number of carbonyl (C=O) groups is 1. The van der Waals surface area contributed by atoms with E-state index in [1.54, 1.807) is 13.0 Å². The zero-order valence-electron chi connectivity index (χ0n) is 7.63. The number of carbonyl (C=O) groups excluding carboxylic acids is 1. The largest absolute Gasteiger partial charge is 0.293 e. The minimum absolute atomic E-state index is 0.0602. The summed E-state index contributed by atoms with van der Waals surface area (Å²) in [6.07, 6.45) is 1.87. The standard InChI is InChI=1S/C10H11FOS/c1-7-5-8(11)3-4-9(7)10(12)6-13-2/h3-5H,6H2,1-2H3. The van der Waals surface area contributed by atoms with Gasteiger partial charge in [-0.25, -0.2) is 4.39 Å². The Kier molecular flexibility index (Phi) is 3.48. The summed E-state index contributed by atoms with van der Waals surface area (Å²) in [7, 11) is 0. The number of hydrogen-bond acceptors (Lipinski definition) is 2. The van der Waals surface area contributed by atoms with E-state index in [-0.39, 0.29) is 11.6 Å². The Morgan fingerprint density at radius 2 is 2.23 bits per heavy atom. The van der Waals surface area contributed by atoms with Crippen molar-refractivity contribution in [2.45, 2.75) is 6.92 Å². The van der Waals surface area contributed by atoms with E-state index in [0.717, 1.165) is 0 Å². The summed E-state index contributed by atoms with van der Waals surface area (Å²) in [5.41, 5.74) is 1.33. The van der Waals surface area contributed by atoms with Gasteiger partial charge in [0.2, 0.25) is 0 Å². The Balaban J connectivity index is 2.95. The molecule has 1 aromatic rings. The summed E-state index contributed by atoms with van der Waals surface area (Å²) in [6.45, 7) is 1.75. The van der Waals surface area contributed by atoms with Gasteiger partial charge in [0.05, 0.1) is 5.75 Å². The third kappa shape index (κ3) is 2.56. The topological polar surface area (TPSA) is 17.1 Å². The summed E-state index contributed by atoms with van der Waals surface area (Å²) in [5.74, 6) is 0.218. The fourth-order valence-corrected chi connectivity index (χ4v) is 1.57. The van der Waals surface area contributed by atoms with Gasteiger partial charge in [0.15, 0.2) is 5.78 Å². The second-order valence-electron chi connectivity index (χ2n) is 2.82. The molecule has 70 valence electrons. The Labute approximate surface area is 81.3 Å². The number of Topliss-reactive ketones (excluding diaryl/α,β-unsaturated/α-hetero) is 1. The Hall–Kier alpha value is -0.830. The Morgan fingerprint density at radius 1 is 1.54 bits per heavy atom. The van der Waals surface area contributed by atoms with Crippen LogP contribution < -0.4 is 0 Å². The molecule has 0 radical (unpaired) electrons. The quantitative estimate of drug-likeness (QED) is 0.694. The highest BCUT2D eigenvalue weighted by atomic mass is 32.2. The number of ketones is 1. The molecule has 0 N–H and O–H groups in total. The zero-order chi connectivity index (χ0) is 9.84. The van der Waals surface area contributed by atoms with E-state index >= 15 is 0 Å². The van der Waals surface area contributed by atoms with E-state index in [4.69, 9.17) is 0 Å². The molecule has 0 aliphatic rings. The van der Waals surface area contributed by atoms with Gasteiger partial charge >= 0.3 is 0 Å². The van der Waals surface area contributed by atoms with Crippen LogP contribution in [0.2, 0.25) is 0 Å². The number of benzene rings is 1. The predicted octanol–water partition coefficient (Wildman–Crippen LogP) is 2.68. The van der Waals surface area contributed by atoms with Crippen LogP contribution in [0.15, 0.2) is 18.2 Å². The second kappa shape index (κ2) is 4.42. The maximum Gasteiger partial charge on any atom is 0.172 e. The molecule has 1 aromatic carbocycles. The van der Waals surface area contributed by atoms with Crippen molar-refractivity contribution in [3.63, 3.8) is 0 Å². The first-order chi connectivity index (χ1) is 6.15. The lowest BCUT2D eigenvalue weighted by atomic mass is 10.1.